The molecule has 3 aromatic rings. The molecule has 3 amide bonds. The van der Waals surface area contributed by atoms with Crippen LogP contribution in [0.2, 0.25) is 0 Å². The number of hydrogen-bond acceptors (Lipinski definition) is 7. The van der Waals surface area contributed by atoms with Crippen LogP contribution in [0.1, 0.15) is 58.6 Å². The first-order valence-corrected chi connectivity index (χ1v) is 15.1. The maximum absolute atomic E-state index is 13.2. The second kappa shape index (κ2) is 13.9. The average molecular weight is 604 g/mol. The molecule has 1 aromatic heterocycles. The fourth-order valence-corrected chi connectivity index (χ4v) is 5.61. The van der Waals surface area contributed by atoms with Crippen LogP contribution in [0.25, 0.3) is 0 Å². The lowest BCUT2D eigenvalue weighted by Gasteiger charge is -2.39. The van der Waals surface area contributed by atoms with Crippen LogP contribution >= 0.6 is 0 Å². The van der Waals surface area contributed by atoms with E-state index in [0.29, 0.717) is 74.9 Å². The molecule has 0 unspecified atom stereocenters. The van der Waals surface area contributed by atoms with Crippen molar-refractivity contribution < 1.29 is 28.6 Å². The molecule has 2 atom stereocenters. The maximum Gasteiger partial charge on any atom is 0.251 e. The lowest BCUT2D eigenvalue weighted by Crippen LogP contribution is -2.57. The first-order valence-electron chi connectivity index (χ1n) is 15.1. The molecular formula is C33H41N5O6. The van der Waals surface area contributed by atoms with Crippen LogP contribution < -0.4 is 20.1 Å². The number of aromatic nitrogens is 2. The van der Waals surface area contributed by atoms with Gasteiger partial charge in [-0.1, -0.05) is 12.1 Å². The number of ether oxygens (including phenoxy) is 3. The molecule has 4 bridgehead atoms. The van der Waals surface area contributed by atoms with E-state index >= 15 is 0 Å². The Morgan fingerprint density at radius 1 is 1.11 bits per heavy atom. The van der Waals surface area contributed by atoms with Gasteiger partial charge < -0.3 is 29.7 Å². The SMILES string of the molecule is COc1cc2cc(c1)C(=O)NCCCC(=O)N[C@H]1CN(C(=O)CCn3nc(C)c(C)c3C)CC[C@@H]1OCc1cccc(c1)O2. The van der Waals surface area contributed by atoms with E-state index in [4.69, 9.17) is 14.2 Å². The summed E-state index contributed by atoms with van der Waals surface area (Å²) in [6.45, 7) is 8.07. The standard InChI is InChI=1S/C33H41N5O6/c1-21-22(2)36-38(23(21)3)14-11-32(40)37-13-10-30-29(19-37)35-31(39)9-6-12-34-33(41)25-16-27(42-4)18-28(17-25)44-26-8-5-7-24(15-26)20-43-30/h5,7-8,15-18,29-30H,6,9-14,19-20H2,1-4H3,(H,34,41)(H,35,39)/t29-,30-/m0/s1. The third-order valence-corrected chi connectivity index (χ3v) is 8.37. The molecule has 3 heterocycles. The lowest BCUT2D eigenvalue weighted by molar-refractivity contribution is -0.137. The van der Waals surface area contributed by atoms with Crippen LogP contribution in [-0.4, -0.2) is 71.3 Å². The van der Waals surface area contributed by atoms with Crippen molar-refractivity contribution in [3.63, 3.8) is 0 Å². The Balaban J connectivity index is 1.30. The Bertz CT molecular complexity index is 1520. The quantitative estimate of drug-likeness (QED) is 0.465. The smallest absolute Gasteiger partial charge is 0.251 e. The van der Waals surface area contributed by atoms with Gasteiger partial charge in [-0.15, -0.1) is 0 Å². The van der Waals surface area contributed by atoms with E-state index in [1.807, 2.05) is 54.6 Å². The number of methoxy groups -OCH3 is 1. The van der Waals surface area contributed by atoms with Crippen molar-refractivity contribution in [3.05, 3.63) is 70.5 Å². The number of amides is 3. The van der Waals surface area contributed by atoms with Crippen molar-refractivity contribution in [1.82, 2.24) is 25.3 Å². The monoisotopic (exact) mass is 603 g/mol. The van der Waals surface area contributed by atoms with E-state index in [1.165, 1.54) is 7.11 Å². The van der Waals surface area contributed by atoms with Crippen molar-refractivity contribution in [2.75, 3.05) is 26.7 Å². The van der Waals surface area contributed by atoms with Gasteiger partial charge in [-0.25, -0.2) is 0 Å². The third kappa shape index (κ3) is 7.57. The number of piperidine rings is 1. The Morgan fingerprint density at radius 3 is 2.73 bits per heavy atom. The first-order chi connectivity index (χ1) is 21.2. The van der Waals surface area contributed by atoms with Crippen LogP contribution in [0.4, 0.5) is 0 Å². The van der Waals surface area contributed by atoms with Gasteiger partial charge in [0.25, 0.3) is 5.91 Å². The minimum Gasteiger partial charge on any atom is -0.497 e. The second-order valence-electron chi connectivity index (χ2n) is 11.4. The molecular weight excluding hydrogens is 562 g/mol. The van der Waals surface area contributed by atoms with Crippen LogP contribution in [0.5, 0.6) is 17.2 Å². The van der Waals surface area contributed by atoms with Gasteiger partial charge in [0.1, 0.15) is 17.2 Å². The molecule has 2 aliphatic rings. The van der Waals surface area contributed by atoms with Gasteiger partial charge >= 0.3 is 0 Å². The maximum atomic E-state index is 13.2. The second-order valence-corrected chi connectivity index (χ2v) is 11.4. The number of benzene rings is 2. The summed E-state index contributed by atoms with van der Waals surface area (Å²) in [5, 5.41) is 10.5. The normalized spacial score (nSPS) is 19.5. The molecule has 11 heteroatoms. The highest BCUT2D eigenvalue weighted by molar-refractivity contribution is 5.95. The molecule has 1 fully saturated rings. The molecule has 2 aliphatic heterocycles. The molecule has 0 spiro atoms. The van der Waals surface area contributed by atoms with Gasteiger partial charge in [0, 0.05) is 56.3 Å². The van der Waals surface area contributed by atoms with Crippen molar-refractivity contribution in [2.45, 2.75) is 71.8 Å². The molecule has 1 saturated heterocycles. The highest BCUT2D eigenvalue weighted by Gasteiger charge is 2.33. The predicted octanol–water partition coefficient (Wildman–Crippen LogP) is 3.83. The number of carbonyl (C=O) groups excluding carboxylic acids is 3. The zero-order chi connectivity index (χ0) is 31.2. The lowest BCUT2D eigenvalue weighted by atomic mass is 10.0. The highest BCUT2D eigenvalue weighted by atomic mass is 16.5. The van der Waals surface area contributed by atoms with Gasteiger partial charge in [0.05, 0.1) is 31.6 Å². The van der Waals surface area contributed by atoms with Gasteiger partial charge in [0.15, 0.2) is 0 Å². The van der Waals surface area contributed by atoms with Crippen LogP contribution in [0.3, 0.4) is 0 Å². The van der Waals surface area contributed by atoms with Crippen LogP contribution in [0.15, 0.2) is 42.5 Å². The number of aryl methyl sites for hydroxylation is 2. The number of fused-ring (bicyclic) bond motifs is 5. The van der Waals surface area contributed by atoms with E-state index in [2.05, 4.69) is 15.7 Å². The van der Waals surface area contributed by atoms with Crippen LogP contribution in [0, 0.1) is 20.8 Å². The van der Waals surface area contributed by atoms with Crippen molar-refractivity contribution >= 4 is 17.7 Å². The Morgan fingerprint density at radius 2 is 1.95 bits per heavy atom. The number of nitrogens with zero attached hydrogens (tertiary/aromatic N) is 3. The molecule has 0 saturated carbocycles. The molecule has 5 rings (SSSR count). The molecule has 2 N–H and O–H groups in total. The summed E-state index contributed by atoms with van der Waals surface area (Å²) in [6, 6.07) is 12.2. The summed E-state index contributed by atoms with van der Waals surface area (Å²) in [6.07, 6.45) is 1.33. The topological polar surface area (TPSA) is 124 Å². The summed E-state index contributed by atoms with van der Waals surface area (Å²) in [5.41, 5.74) is 4.47. The first kappa shape index (κ1) is 31.1. The molecule has 234 valence electrons. The van der Waals surface area contributed by atoms with Gasteiger partial charge in [0.2, 0.25) is 11.8 Å². The Kier molecular flexibility index (Phi) is 9.84. The molecule has 11 nitrogen and oxygen atoms in total. The summed E-state index contributed by atoms with van der Waals surface area (Å²) in [7, 11) is 1.53. The van der Waals surface area contributed by atoms with Crippen molar-refractivity contribution in [2.24, 2.45) is 0 Å². The fraction of sp³-hybridized carbons (Fsp3) is 0.455. The van der Waals surface area contributed by atoms with E-state index in [0.717, 1.165) is 22.5 Å². The van der Waals surface area contributed by atoms with Gasteiger partial charge in [-0.05, 0) is 69.0 Å². The molecule has 2 aromatic carbocycles. The van der Waals surface area contributed by atoms with E-state index < -0.39 is 0 Å². The van der Waals surface area contributed by atoms with E-state index in [-0.39, 0.29) is 36.3 Å². The summed E-state index contributed by atoms with van der Waals surface area (Å²) < 4.78 is 19.7. The number of carbonyl (C=O) groups is 3. The number of nitrogens with one attached hydrogen (secondary N) is 2. The Labute approximate surface area is 257 Å². The van der Waals surface area contributed by atoms with Crippen LogP contribution in [-0.2, 0) is 27.5 Å². The van der Waals surface area contributed by atoms with Gasteiger partial charge in [-0.2, -0.15) is 5.10 Å². The van der Waals surface area contributed by atoms with Gasteiger partial charge in [-0.3, -0.25) is 19.1 Å². The predicted molar refractivity (Wildman–Crippen MR) is 164 cm³/mol. The summed E-state index contributed by atoms with van der Waals surface area (Å²) in [5.74, 6) is 1.15. The zero-order valence-corrected chi connectivity index (χ0v) is 25.9. The minimum absolute atomic E-state index is 0.0229. The minimum atomic E-state index is -0.365. The Hall–Kier alpha value is -4.38. The van der Waals surface area contributed by atoms with E-state index in [9.17, 15) is 14.4 Å². The largest absolute Gasteiger partial charge is 0.497 e. The molecule has 0 radical (unpaired) electrons. The van der Waals surface area contributed by atoms with E-state index in [1.54, 1.807) is 18.2 Å². The summed E-state index contributed by atoms with van der Waals surface area (Å²) >= 11 is 0. The third-order valence-electron chi connectivity index (χ3n) is 8.37. The number of hydrogen-bond donors (Lipinski definition) is 2. The summed E-state index contributed by atoms with van der Waals surface area (Å²) in [4.78, 5) is 41.0. The molecule has 0 aliphatic carbocycles. The van der Waals surface area contributed by atoms with Crippen molar-refractivity contribution in [1.29, 1.82) is 0 Å². The number of rotatable bonds is 4. The number of likely N-dealkylation sites (tertiary alicyclic amines) is 1. The zero-order valence-electron chi connectivity index (χ0n) is 25.9. The molecule has 44 heavy (non-hydrogen) atoms. The fourth-order valence-electron chi connectivity index (χ4n) is 5.61. The average Bonchev–Trinajstić information content (AvgIpc) is 3.26. The van der Waals surface area contributed by atoms with Crippen molar-refractivity contribution in [3.8, 4) is 17.2 Å². The highest BCUT2D eigenvalue weighted by Crippen LogP contribution is 2.29.